The van der Waals surface area contributed by atoms with Crippen LogP contribution in [0.4, 0.5) is 4.39 Å². The summed E-state index contributed by atoms with van der Waals surface area (Å²) < 4.78 is 21.1. The highest BCUT2D eigenvalue weighted by atomic mass is 19.1. The van der Waals surface area contributed by atoms with Crippen molar-refractivity contribution < 1.29 is 9.13 Å². The lowest BCUT2D eigenvalue weighted by Crippen LogP contribution is -2.61. The van der Waals surface area contributed by atoms with Crippen LogP contribution in [0, 0.1) is 28.6 Å². The van der Waals surface area contributed by atoms with E-state index in [1.807, 2.05) is 6.92 Å². The first-order valence-corrected chi connectivity index (χ1v) is 8.34. The predicted octanol–water partition coefficient (Wildman–Crippen LogP) is 3.58. The number of rotatable bonds is 0. The van der Waals surface area contributed by atoms with E-state index in [1.54, 1.807) is 0 Å². The fourth-order valence-corrected chi connectivity index (χ4v) is 5.46. The molecular formula is C18H26FNO. The third-order valence-electron chi connectivity index (χ3n) is 7.06. The van der Waals surface area contributed by atoms with E-state index < -0.39 is 11.2 Å². The molecule has 0 bridgehead atoms. The lowest BCUT2D eigenvalue weighted by molar-refractivity contribution is -0.186. The molecule has 2 fully saturated rings. The molecule has 2 nitrogen and oxygen atoms in total. The van der Waals surface area contributed by atoms with Crippen LogP contribution in [-0.4, -0.2) is 18.5 Å². The van der Waals surface area contributed by atoms with Crippen LogP contribution in [0.3, 0.4) is 0 Å². The van der Waals surface area contributed by atoms with Crippen LogP contribution < -0.4 is 5.73 Å². The number of hydrogen-bond donors (Lipinski definition) is 1. The van der Waals surface area contributed by atoms with Gasteiger partial charge in [0.05, 0.1) is 12.7 Å². The summed E-state index contributed by atoms with van der Waals surface area (Å²) in [6, 6.07) is 0. The van der Waals surface area contributed by atoms with Crippen LogP contribution >= 0.6 is 0 Å². The van der Waals surface area contributed by atoms with Gasteiger partial charge in [0.1, 0.15) is 0 Å². The summed E-state index contributed by atoms with van der Waals surface area (Å²) in [7, 11) is 0. The van der Waals surface area contributed by atoms with Crippen molar-refractivity contribution in [1.29, 1.82) is 0 Å². The second kappa shape index (κ2) is 4.20. The number of alkyl halides is 1. The summed E-state index contributed by atoms with van der Waals surface area (Å²) >= 11 is 0. The maximum Gasteiger partial charge on any atom is 0.167 e. The van der Waals surface area contributed by atoms with Crippen molar-refractivity contribution in [2.45, 2.75) is 51.4 Å². The molecule has 1 saturated carbocycles. The average molecular weight is 291 g/mol. The molecule has 0 amide bonds. The minimum absolute atomic E-state index is 0.0646. The predicted molar refractivity (Wildman–Crippen MR) is 81.2 cm³/mol. The topological polar surface area (TPSA) is 35.2 Å². The Balaban J connectivity index is 1.73. The van der Waals surface area contributed by atoms with E-state index in [0.717, 1.165) is 12.8 Å². The molecule has 0 aromatic carbocycles. The molecule has 0 spiro atoms. The Kier molecular flexibility index (Phi) is 2.79. The molecule has 0 aromatic rings. The van der Waals surface area contributed by atoms with Crippen LogP contribution in [0.1, 0.15) is 39.5 Å². The monoisotopic (exact) mass is 291 g/mol. The number of ether oxygens (including phenoxy) is 1. The smallest absolute Gasteiger partial charge is 0.167 e. The highest BCUT2D eigenvalue weighted by molar-refractivity contribution is 5.24. The van der Waals surface area contributed by atoms with Crippen molar-refractivity contribution in [1.82, 2.24) is 0 Å². The van der Waals surface area contributed by atoms with E-state index in [4.69, 9.17) is 10.5 Å². The molecule has 2 unspecified atom stereocenters. The summed E-state index contributed by atoms with van der Waals surface area (Å²) in [5.41, 5.74) is 5.49. The minimum Gasteiger partial charge on any atom is -0.376 e. The van der Waals surface area contributed by atoms with Gasteiger partial charge in [-0.25, -0.2) is 4.39 Å². The summed E-state index contributed by atoms with van der Waals surface area (Å²) in [4.78, 5) is 0. The van der Waals surface area contributed by atoms with E-state index in [9.17, 15) is 4.39 Å². The summed E-state index contributed by atoms with van der Waals surface area (Å²) in [6.45, 7) is 4.76. The maximum absolute atomic E-state index is 14.8. The number of hydrogen-bond acceptors (Lipinski definition) is 2. The van der Waals surface area contributed by atoms with Crippen LogP contribution in [-0.2, 0) is 4.74 Å². The van der Waals surface area contributed by atoms with Crippen molar-refractivity contribution in [3.63, 3.8) is 0 Å². The second-order valence-corrected chi connectivity index (χ2v) is 8.07. The minimum atomic E-state index is -1.59. The summed E-state index contributed by atoms with van der Waals surface area (Å²) in [5.74, 6) is -0.427. The summed E-state index contributed by atoms with van der Waals surface area (Å²) in [6.07, 6.45) is 13.2. The largest absolute Gasteiger partial charge is 0.376 e. The first kappa shape index (κ1) is 14.0. The van der Waals surface area contributed by atoms with Gasteiger partial charge in [-0.1, -0.05) is 38.2 Å². The molecule has 116 valence electrons. The molecule has 3 aliphatic carbocycles. The quantitative estimate of drug-likeness (QED) is 0.547. The average Bonchev–Trinajstić information content (AvgIpc) is 2.69. The fraction of sp³-hybridized carbons (Fsp3) is 0.778. The van der Waals surface area contributed by atoms with Crippen LogP contribution in [0.5, 0.6) is 0 Å². The lowest BCUT2D eigenvalue weighted by atomic mass is 9.56. The van der Waals surface area contributed by atoms with Crippen LogP contribution in [0.2, 0.25) is 0 Å². The maximum atomic E-state index is 14.8. The molecule has 1 saturated heterocycles. The number of allylic oxidation sites excluding steroid dienone is 2. The second-order valence-electron chi connectivity index (χ2n) is 8.07. The molecule has 1 heterocycles. The van der Waals surface area contributed by atoms with E-state index in [2.05, 4.69) is 31.2 Å². The first-order chi connectivity index (χ1) is 9.88. The SMILES string of the molecule is C[C@]12C=CCCC1C=C[C@@H]1[C@H]2OC[C@@]2(C)[C@H]1CCC2(N)F. The van der Waals surface area contributed by atoms with E-state index >= 15 is 0 Å². The standard InChI is InChI=1S/C18H26FNO/c1-16-9-4-3-5-12(16)6-7-13-14-8-10-18(19,20)17(14,2)11-21-15(13)16/h4,6-7,9,12-15H,3,5,8,10-11,20H2,1-2H3/t12?,13-,14-,15+,16-,17-,18?/m0/s1. The van der Waals surface area contributed by atoms with E-state index in [0.29, 0.717) is 30.8 Å². The third kappa shape index (κ3) is 1.65. The van der Waals surface area contributed by atoms with Gasteiger partial charge in [0, 0.05) is 16.7 Å². The van der Waals surface area contributed by atoms with Crippen LogP contribution in [0.25, 0.3) is 0 Å². The Labute approximate surface area is 126 Å². The van der Waals surface area contributed by atoms with Gasteiger partial charge in [0.15, 0.2) is 5.79 Å². The Bertz CT molecular complexity index is 513. The van der Waals surface area contributed by atoms with Gasteiger partial charge in [0.2, 0.25) is 0 Å². The van der Waals surface area contributed by atoms with E-state index in [-0.39, 0.29) is 11.5 Å². The van der Waals surface area contributed by atoms with Crippen molar-refractivity contribution >= 4 is 0 Å². The molecule has 0 radical (unpaired) electrons. The van der Waals surface area contributed by atoms with Gasteiger partial charge < -0.3 is 4.74 Å². The van der Waals surface area contributed by atoms with Gasteiger partial charge in [-0.3, -0.25) is 5.73 Å². The molecule has 0 aromatic heterocycles. The van der Waals surface area contributed by atoms with Crippen molar-refractivity contribution in [2.75, 3.05) is 6.61 Å². The highest BCUT2D eigenvalue weighted by Crippen LogP contribution is 2.61. The zero-order chi connectivity index (χ0) is 14.9. The van der Waals surface area contributed by atoms with Gasteiger partial charge in [-0.15, -0.1) is 0 Å². The zero-order valence-electron chi connectivity index (χ0n) is 13.0. The van der Waals surface area contributed by atoms with Crippen molar-refractivity contribution in [3.05, 3.63) is 24.3 Å². The van der Waals surface area contributed by atoms with Gasteiger partial charge >= 0.3 is 0 Å². The molecule has 7 atom stereocenters. The number of fused-ring (bicyclic) bond motifs is 5. The summed E-state index contributed by atoms with van der Waals surface area (Å²) in [5, 5.41) is 0. The first-order valence-electron chi connectivity index (χ1n) is 8.34. The van der Waals surface area contributed by atoms with Gasteiger partial charge in [-0.05, 0) is 37.5 Å². The number of nitrogens with two attached hydrogens (primary N) is 1. The lowest BCUT2D eigenvalue weighted by Gasteiger charge is -2.56. The van der Waals surface area contributed by atoms with Gasteiger partial charge in [0.25, 0.3) is 0 Å². The molecule has 3 heteroatoms. The molecule has 4 rings (SSSR count). The molecular weight excluding hydrogens is 265 g/mol. The molecule has 21 heavy (non-hydrogen) atoms. The number of halogens is 1. The highest BCUT2D eigenvalue weighted by Gasteiger charge is 2.64. The van der Waals surface area contributed by atoms with Crippen LogP contribution in [0.15, 0.2) is 24.3 Å². The zero-order valence-corrected chi connectivity index (χ0v) is 13.0. The van der Waals surface area contributed by atoms with Crippen molar-refractivity contribution in [3.8, 4) is 0 Å². The van der Waals surface area contributed by atoms with E-state index in [1.165, 1.54) is 6.42 Å². The molecule has 1 aliphatic heterocycles. The molecule has 2 N–H and O–H groups in total. The Morgan fingerprint density at radius 3 is 2.86 bits per heavy atom. The Hall–Kier alpha value is -0.670. The Morgan fingerprint density at radius 1 is 1.24 bits per heavy atom. The van der Waals surface area contributed by atoms with Gasteiger partial charge in [-0.2, -0.15) is 0 Å². The third-order valence-corrected chi connectivity index (χ3v) is 7.06. The Morgan fingerprint density at radius 2 is 2.05 bits per heavy atom. The normalized spacial score (nSPS) is 58.5. The fourth-order valence-electron chi connectivity index (χ4n) is 5.46. The van der Waals surface area contributed by atoms with Crippen molar-refractivity contribution in [2.24, 2.45) is 34.3 Å². The molecule has 4 aliphatic rings.